The maximum Gasteiger partial charge on any atom is 0.280 e. The molecule has 1 amide bonds. The van der Waals surface area contributed by atoms with Crippen LogP contribution in [0, 0.1) is 10.1 Å². The number of aromatic hydroxyl groups is 1. The molecule has 2 aromatic carbocycles. The van der Waals surface area contributed by atoms with E-state index in [1.165, 1.54) is 22.8 Å². The van der Waals surface area contributed by atoms with E-state index in [1.54, 1.807) is 30.3 Å². The number of fused-ring (bicyclic) bond motifs is 1. The van der Waals surface area contributed by atoms with Gasteiger partial charge in [0.05, 0.1) is 22.2 Å². The van der Waals surface area contributed by atoms with Gasteiger partial charge in [-0.2, -0.15) is 5.10 Å². The summed E-state index contributed by atoms with van der Waals surface area (Å²) in [7, 11) is 0. The second-order valence-corrected chi connectivity index (χ2v) is 6.57. The van der Waals surface area contributed by atoms with E-state index in [4.69, 9.17) is 0 Å². The molecule has 154 valence electrons. The van der Waals surface area contributed by atoms with Crippen molar-refractivity contribution in [1.82, 2.24) is 9.99 Å². The molecule has 0 fully saturated rings. The van der Waals surface area contributed by atoms with Crippen molar-refractivity contribution < 1.29 is 14.8 Å². The maximum atomic E-state index is 12.9. The van der Waals surface area contributed by atoms with E-state index in [1.807, 2.05) is 6.92 Å². The quantitative estimate of drug-likeness (QED) is 0.353. The summed E-state index contributed by atoms with van der Waals surface area (Å²) in [4.78, 5) is 36.1. The normalized spacial score (nSPS) is 11.1. The van der Waals surface area contributed by atoms with Crippen LogP contribution in [-0.2, 0) is 6.54 Å². The number of hydrogen-bond donors (Lipinski definition) is 2. The Labute approximate surface area is 171 Å². The maximum absolute atomic E-state index is 12.9. The molecule has 0 aliphatic rings. The van der Waals surface area contributed by atoms with Gasteiger partial charge in [0, 0.05) is 18.0 Å². The molecular formula is C21H20N4O5. The van der Waals surface area contributed by atoms with Crippen molar-refractivity contribution in [2.75, 3.05) is 0 Å². The third-order valence-corrected chi connectivity index (χ3v) is 4.61. The molecule has 0 spiro atoms. The van der Waals surface area contributed by atoms with Gasteiger partial charge in [-0.3, -0.25) is 19.7 Å². The third-order valence-electron chi connectivity index (χ3n) is 4.61. The van der Waals surface area contributed by atoms with Crippen molar-refractivity contribution >= 4 is 28.7 Å². The summed E-state index contributed by atoms with van der Waals surface area (Å²) in [6.45, 7) is 2.38. The number of nitrogens with zero attached hydrogens (tertiary/aromatic N) is 3. The number of amides is 1. The Kier molecular flexibility index (Phi) is 6.21. The highest BCUT2D eigenvalue weighted by Crippen LogP contribution is 2.26. The van der Waals surface area contributed by atoms with Gasteiger partial charge in [0.1, 0.15) is 11.3 Å². The number of para-hydroxylation sites is 2. The lowest BCUT2D eigenvalue weighted by molar-refractivity contribution is -0.385. The molecule has 2 N–H and O–H groups in total. The van der Waals surface area contributed by atoms with E-state index < -0.39 is 27.7 Å². The van der Waals surface area contributed by atoms with Gasteiger partial charge in [-0.25, -0.2) is 5.43 Å². The molecular weight excluding hydrogens is 388 g/mol. The number of carbonyl (C=O) groups excluding carboxylic acids is 1. The Bertz CT molecular complexity index is 1200. The van der Waals surface area contributed by atoms with Crippen LogP contribution in [0.5, 0.6) is 5.75 Å². The highest BCUT2D eigenvalue weighted by Gasteiger charge is 2.22. The summed E-state index contributed by atoms with van der Waals surface area (Å²) in [6, 6.07) is 12.7. The van der Waals surface area contributed by atoms with Crippen molar-refractivity contribution in [3.63, 3.8) is 0 Å². The van der Waals surface area contributed by atoms with Gasteiger partial charge in [-0.1, -0.05) is 37.6 Å². The summed E-state index contributed by atoms with van der Waals surface area (Å²) in [6.07, 6.45) is 2.69. The monoisotopic (exact) mass is 408 g/mol. The number of carbonyl (C=O) groups is 1. The van der Waals surface area contributed by atoms with Crippen LogP contribution in [0.1, 0.15) is 35.7 Å². The molecule has 3 rings (SSSR count). The number of hydrogen-bond acceptors (Lipinski definition) is 6. The summed E-state index contributed by atoms with van der Waals surface area (Å²) < 4.78 is 1.46. The molecule has 0 unspecified atom stereocenters. The van der Waals surface area contributed by atoms with Gasteiger partial charge >= 0.3 is 0 Å². The fourth-order valence-electron chi connectivity index (χ4n) is 3.11. The number of nitro benzene ring substituents is 1. The van der Waals surface area contributed by atoms with E-state index in [2.05, 4.69) is 10.5 Å². The van der Waals surface area contributed by atoms with Crippen molar-refractivity contribution in [3.05, 3.63) is 80.1 Å². The Morgan fingerprint density at radius 3 is 2.67 bits per heavy atom. The van der Waals surface area contributed by atoms with Crippen molar-refractivity contribution in [2.45, 2.75) is 26.3 Å². The van der Waals surface area contributed by atoms with E-state index >= 15 is 0 Å². The van der Waals surface area contributed by atoms with Gasteiger partial charge in [-0.15, -0.1) is 0 Å². The molecule has 0 aliphatic carbocycles. The molecule has 0 aliphatic heterocycles. The Morgan fingerprint density at radius 1 is 1.23 bits per heavy atom. The summed E-state index contributed by atoms with van der Waals surface area (Å²) in [5.41, 5.74) is 1.67. The lowest BCUT2D eigenvalue weighted by Crippen LogP contribution is -2.31. The zero-order chi connectivity index (χ0) is 21.7. The van der Waals surface area contributed by atoms with Crippen LogP contribution < -0.4 is 11.0 Å². The zero-order valence-corrected chi connectivity index (χ0v) is 16.2. The molecule has 0 saturated heterocycles. The number of aromatic nitrogens is 1. The van der Waals surface area contributed by atoms with E-state index in [9.17, 15) is 24.8 Å². The Morgan fingerprint density at radius 2 is 1.93 bits per heavy atom. The lowest BCUT2D eigenvalue weighted by Gasteiger charge is -2.14. The molecule has 30 heavy (non-hydrogen) atoms. The van der Waals surface area contributed by atoms with E-state index in [0.717, 1.165) is 19.1 Å². The largest absolute Gasteiger partial charge is 0.506 e. The smallest absolute Gasteiger partial charge is 0.280 e. The van der Waals surface area contributed by atoms with E-state index in [0.29, 0.717) is 17.4 Å². The molecule has 0 saturated carbocycles. The number of rotatable bonds is 7. The van der Waals surface area contributed by atoms with Crippen LogP contribution >= 0.6 is 0 Å². The molecule has 9 nitrogen and oxygen atoms in total. The fraction of sp³-hybridized carbons (Fsp3) is 0.190. The number of unbranched alkanes of at least 4 members (excludes halogenated alkanes) is 1. The van der Waals surface area contributed by atoms with Crippen LogP contribution in [0.2, 0.25) is 0 Å². The molecule has 0 radical (unpaired) electrons. The second-order valence-electron chi connectivity index (χ2n) is 6.57. The number of pyridine rings is 1. The van der Waals surface area contributed by atoms with Gasteiger partial charge in [0.2, 0.25) is 0 Å². The van der Waals surface area contributed by atoms with Crippen molar-refractivity contribution in [2.24, 2.45) is 5.10 Å². The minimum absolute atomic E-state index is 0.175. The summed E-state index contributed by atoms with van der Waals surface area (Å²) >= 11 is 0. The Balaban J connectivity index is 1.97. The Hall–Kier alpha value is -4.01. The van der Waals surface area contributed by atoms with Crippen LogP contribution in [0.25, 0.3) is 10.9 Å². The molecule has 1 heterocycles. The van der Waals surface area contributed by atoms with Crippen LogP contribution in [0.3, 0.4) is 0 Å². The molecule has 0 bridgehead atoms. The third kappa shape index (κ3) is 4.04. The molecule has 3 aromatic rings. The highest BCUT2D eigenvalue weighted by atomic mass is 16.6. The van der Waals surface area contributed by atoms with Crippen LogP contribution in [0.15, 0.2) is 58.4 Å². The first-order valence-electron chi connectivity index (χ1n) is 9.37. The lowest BCUT2D eigenvalue weighted by atomic mass is 10.1. The minimum Gasteiger partial charge on any atom is -0.506 e. The zero-order valence-electron chi connectivity index (χ0n) is 16.2. The fourth-order valence-corrected chi connectivity index (χ4v) is 3.11. The number of nitro groups is 1. The first kappa shape index (κ1) is 20.7. The molecule has 1 aromatic heterocycles. The average molecular weight is 408 g/mol. The SMILES string of the molecule is CCCCn1c(=O)c(C(=O)N/N=C/c2ccccc2[N+](=O)[O-])c(O)c2ccccc21. The number of nitrogens with one attached hydrogen (secondary N) is 1. The van der Waals surface area contributed by atoms with Gasteiger partial charge < -0.3 is 9.67 Å². The first-order chi connectivity index (χ1) is 14.5. The standard InChI is InChI=1S/C21H20N4O5/c1-2-3-12-24-17-11-7-5-9-15(17)19(26)18(21(24)28)20(27)23-22-13-14-8-4-6-10-16(14)25(29)30/h4-11,13,26H,2-3,12H2,1H3,(H,23,27)/b22-13+. The molecule has 0 atom stereocenters. The van der Waals surface area contributed by atoms with Crippen LogP contribution in [0.4, 0.5) is 5.69 Å². The van der Waals surface area contributed by atoms with Gasteiger partial charge in [0.15, 0.2) is 0 Å². The number of aryl methyl sites for hydroxylation is 1. The first-order valence-corrected chi connectivity index (χ1v) is 9.37. The predicted octanol–water partition coefficient (Wildman–Crippen LogP) is 3.18. The van der Waals surface area contributed by atoms with Gasteiger partial charge in [0.25, 0.3) is 17.2 Å². The van der Waals surface area contributed by atoms with Gasteiger partial charge in [-0.05, 0) is 24.6 Å². The minimum atomic E-state index is -0.900. The predicted molar refractivity (Wildman–Crippen MR) is 113 cm³/mol. The topological polar surface area (TPSA) is 127 Å². The average Bonchev–Trinajstić information content (AvgIpc) is 2.74. The second kappa shape index (κ2) is 8.99. The van der Waals surface area contributed by atoms with Crippen molar-refractivity contribution in [1.29, 1.82) is 0 Å². The summed E-state index contributed by atoms with van der Waals surface area (Å²) in [5.74, 6) is -1.33. The molecule has 9 heteroatoms. The van der Waals surface area contributed by atoms with E-state index in [-0.39, 0.29) is 11.3 Å². The highest BCUT2D eigenvalue weighted by molar-refractivity contribution is 6.02. The summed E-state index contributed by atoms with van der Waals surface area (Å²) in [5, 5.41) is 25.7. The number of hydrazone groups is 1. The van der Waals surface area contributed by atoms with Crippen LogP contribution in [-0.4, -0.2) is 26.7 Å². The number of benzene rings is 2. The van der Waals surface area contributed by atoms with Crippen molar-refractivity contribution in [3.8, 4) is 5.75 Å².